The Labute approximate surface area is 90.2 Å². The Bertz CT molecular complexity index is 118. The molecule has 0 radical (unpaired) electrons. The molecular weight excluding hydrogens is 172 g/mol. The Kier molecular flexibility index (Phi) is 8.26. The van der Waals surface area contributed by atoms with E-state index in [1.54, 1.807) is 0 Å². The van der Waals surface area contributed by atoms with E-state index in [4.69, 9.17) is 4.74 Å². The first-order chi connectivity index (χ1) is 6.62. The first kappa shape index (κ1) is 14.0. The molecule has 0 N–H and O–H groups in total. The number of ether oxygens (including phenoxy) is 1. The molecule has 0 rings (SSSR count). The Morgan fingerprint density at radius 1 is 0.857 bits per heavy atom. The van der Waals surface area contributed by atoms with Crippen molar-refractivity contribution in [3.8, 4) is 0 Å². The van der Waals surface area contributed by atoms with E-state index < -0.39 is 0 Å². The highest BCUT2D eigenvalue weighted by Crippen LogP contribution is 2.14. The maximum absolute atomic E-state index is 5.79. The van der Waals surface area contributed by atoms with Crippen LogP contribution in [0.4, 0.5) is 0 Å². The van der Waals surface area contributed by atoms with Crippen molar-refractivity contribution in [3.63, 3.8) is 0 Å². The molecule has 0 saturated carbocycles. The fraction of sp³-hybridized carbons (Fsp3) is 1.00. The highest BCUT2D eigenvalue weighted by Gasteiger charge is 2.13. The zero-order valence-electron chi connectivity index (χ0n) is 10.6. The second-order valence-electron chi connectivity index (χ2n) is 4.73. The fourth-order valence-electron chi connectivity index (χ4n) is 1.33. The lowest BCUT2D eigenvalue weighted by Crippen LogP contribution is -2.23. The summed E-state index contributed by atoms with van der Waals surface area (Å²) in [6.07, 6.45) is 9.16. The highest BCUT2D eigenvalue weighted by molar-refractivity contribution is 4.64. The zero-order chi connectivity index (χ0) is 10.9. The van der Waals surface area contributed by atoms with Crippen molar-refractivity contribution in [2.75, 3.05) is 6.61 Å². The topological polar surface area (TPSA) is 9.23 Å². The van der Waals surface area contributed by atoms with Crippen LogP contribution in [0.5, 0.6) is 0 Å². The molecule has 0 aromatic rings. The molecule has 0 saturated heterocycles. The maximum Gasteiger partial charge on any atom is 0.0623 e. The predicted molar refractivity (Wildman–Crippen MR) is 63.7 cm³/mol. The van der Waals surface area contributed by atoms with Crippen LogP contribution < -0.4 is 0 Å². The molecule has 0 aliphatic heterocycles. The molecule has 0 amide bonds. The van der Waals surface area contributed by atoms with E-state index in [1.165, 1.54) is 38.5 Å². The summed E-state index contributed by atoms with van der Waals surface area (Å²) >= 11 is 0. The van der Waals surface area contributed by atoms with Crippen molar-refractivity contribution in [3.05, 3.63) is 0 Å². The Balaban J connectivity index is 3.13. The van der Waals surface area contributed by atoms with Gasteiger partial charge in [-0.15, -0.1) is 0 Å². The first-order valence-corrected chi connectivity index (χ1v) is 6.26. The van der Waals surface area contributed by atoms with E-state index in [0.717, 1.165) is 13.0 Å². The molecule has 86 valence electrons. The van der Waals surface area contributed by atoms with Gasteiger partial charge in [-0.3, -0.25) is 0 Å². The van der Waals surface area contributed by atoms with Gasteiger partial charge in [-0.2, -0.15) is 0 Å². The highest BCUT2D eigenvalue weighted by atomic mass is 16.5. The van der Waals surface area contributed by atoms with E-state index in [9.17, 15) is 0 Å². The molecule has 0 bridgehead atoms. The zero-order valence-corrected chi connectivity index (χ0v) is 10.6. The van der Waals surface area contributed by atoms with Crippen LogP contribution in [0.1, 0.15) is 72.6 Å². The van der Waals surface area contributed by atoms with Crippen molar-refractivity contribution >= 4 is 0 Å². The van der Waals surface area contributed by atoms with Crippen molar-refractivity contribution in [2.45, 2.75) is 78.2 Å². The lowest BCUT2D eigenvalue weighted by Gasteiger charge is -2.23. The van der Waals surface area contributed by atoms with E-state index in [2.05, 4.69) is 27.7 Å². The van der Waals surface area contributed by atoms with Gasteiger partial charge >= 0.3 is 0 Å². The van der Waals surface area contributed by atoms with Gasteiger partial charge in [0.15, 0.2) is 0 Å². The number of hydrogen-bond acceptors (Lipinski definition) is 1. The third-order valence-corrected chi connectivity index (χ3v) is 2.84. The van der Waals surface area contributed by atoms with Gasteiger partial charge in [0.05, 0.1) is 5.60 Å². The van der Waals surface area contributed by atoms with Crippen LogP contribution in [0.2, 0.25) is 0 Å². The fourth-order valence-corrected chi connectivity index (χ4v) is 1.33. The van der Waals surface area contributed by atoms with E-state index >= 15 is 0 Å². The van der Waals surface area contributed by atoms with E-state index in [0.29, 0.717) is 0 Å². The lowest BCUT2D eigenvalue weighted by molar-refractivity contribution is -0.0216. The van der Waals surface area contributed by atoms with Crippen LogP contribution in [0, 0.1) is 0 Å². The van der Waals surface area contributed by atoms with Gasteiger partial charge in [0.25, 0.3) is 0 Å². The molecule has 1 heteroatoms. The molecule has 0 atom stereocenters. The number of rotatable bonds is 9. The largest absolute Gasteiger partial charge is 0.376 e. The van der Waals surface area contributed by atoms with Gasteiger partial charge in [0, 0.05) is 6.61 Å². The summed E-state index contributed by atoms with van der Waals surface area (Å²) in [5, 5.41) is 0. The van der Waals surface area contributed by atoms with Crippen LogP contribution in [0.15, 0.2) is 0 Å². The minimum atomic E-state index is 0.0867. The van der Waals surface area contributed by atoms with Gasteiger partial charge in [-0.05, 0) is 26.7 Å². The van der Waals surface area contributed by atoms with Gasteiger partial charge in [-0.1, -0.05) is 46.0 Å². The molecule has 0 aliphatic rings. The van der Waals surface area contributed by atoms with Crippen molar-refractivity contribution in [1.82, 2.24) is 0 Å². The van der Waals surface area contributed by atoms with Crippen LogP contribution in [-0.2, 0) is 4.74 Å². The van der Waals surface area contributed by atoms with Gasteiger partial charge in [0.2, 0.25) is 0 Å². The normalized spacial score (nSPS) is 12.0. The predicted octanol–water partition coefficient (Wildman–Crippen LogP) is 4.55. The molecule has 0 fully saturated rings. The van der Waals surface area contributed by atoms with E-state index in [-0.39, 0.29) is 5.60 Å². The molecule has 0 aromatic carbocycles. The summed E-state index contributed by atoms with van der Waals surface area (Å²) < 4.78 is 5.79. The average molecular weight is 200 g/mol. The maximum atomic E-state index is 5.79. The third-order valence-electron chi connectivity index (χ3n) is 2.84. The standard InChI is InChI=1S/C13H28O/c1-5-7-8-9-10-11-12-14-13(3,4)6-2/h5-12H2,1-4H3. The summed E-state index contributed by atoms with van der Waals surface area (Å²) in [6, 6.07) is 0. The van der Waals surface area contributed by atoms with Crippen LogP contribution in [0.3, 0.4) is 0 Å². The second-order valence-corrected chi connectivity index (χ2v) is 4.73. The van der Waals surface area contributed by atoms with Crippen LogP contribution in [-0.4, -0.2) is 12.2 Å². The van der Waals surface area contributed by atoms with Crippen LogP contribution in [0.25, 0.3) is 0 Å². The first-order valence-electron chi connectivity index (χ1n) is 6.26. The summed E-state index contributed by atoms with van der Waals surface area (Å²) in [5.41, 5.74) is 0.0867. The number of unbranched alkanes of at least 4 members (excludes halogenated alkanes) is 5. The Hall–Kier alpha value is -0.0400. The minimum absolute atomic E-state index is 0.0867. The summed E-state index contributed by atoms with van der Waals surface area (Å²) in [4.78, 5) is 0. The SMILES string of the molecule is CCCCCCCCOC(C)(C)CC. The Morgan fingerprint density at radius 3 is 2.00 bits per heavy atom. The molecule has 1 nitrogen and oxygen atoms in total. The van der Waals surface area contributed by atoms with Gasteiger partial charge in [0.1, 0.15) is 0 Å². The molecule has 0 unspecified atom stereocenters. The Morgan fingerprint density at radius 2 is 1.43 bits per heavy atom. The molecule has 0 heterocycles. The van der Waals surface area contributed by atoms with Gasteiger partial charge < -0.3 is 4.74 Å². The summed E-state index contributed by atoms with van der Waals surface area (Å²) in [5.74, 6) is 0. The van der Waals surface area contributed by atoms with Gasteiger partial charge in [-0.25, -0.2) is 0 Å². The molecule has 0 aromatic heterocycles. The van der Waals surface area contributed by atoms with Crippen molar-refractivity contribution in [2.24, 2.45) is 0 Å². The van der Waals surface area contributed by atoms with E-state index in [1.807, 2.05) is 0 Å². The lowest BCUT2D eigenvalue weighted by atomic mass is 10.1. The monoisotopic (exact) mass is 200 g/mol. The summed E-state index contributed by atoms with van der Waals surface area (Å²) in [7, 11) is 0. The van der Waals surface area contributed by atoms with Crippen LogP contribution >= 0.6 is 0 Å². The molecule has 0 spiro atoms. The average Bonchev–Trinajstić information content (AvgIpc) is 2.16. The number of hydrogen-bond donors (Lipinski definition) is 0. The quantitative estimate of drug-likeness (QED) is 0.496. The van der Waals surface area contributed by atoms with Crippen molar-refractivity contribution < 1.29 is 4.74 Å². The molecular formula is C13H28O. The molecule has 14 heavy (non-hydrogen) atoms. The summed E-state index contributed by atoms with van der Waals surface area (Å²) in [6.45, 7) is 9.72. The third kappa shape index (κ3) is 8.55. The molecule has 0 aliphatic carbocycles. The second kappa shape index (κ2) is 8.28. The smallest absolute Gasteiger partial charge is 0.0623 e. The minimum Gasteiger partial charge on any atom is -0.376 e. The van der Waals surface area contributed by atoms with Crippen molar-refractivity contribution in [1.29, 1.82) is 0 Å².